The maximum absolute atomic E-state index is 12.2. The third kappa shape index (κ3) is 3.39. The number of carbonyl (C=O) groups excluding carboxylic acids is 1. The van der Waals surface area contributed by atoms with Gasteiger partial charge >= 0.3 is 0 Å². The molecule has 2 aliphatic rings. The van der Waals surface area contributed by atoms with E-state index in [0.717, 1.165) is 6.54 Å². The van der Waals surface area contributed by atoms with Crippen LogP contribution in [-0.4, -0.2) is 68.6 Å². The summed E-state index contributed by atoms with van der Waals surface area (Å²) in [5.74, 6) is -0.0727. The molecule has 0 bridgehead atoms. The van der Waals surface area contributed by atoms with Gasteiger partial charge in [0.05, 0.1) is 17.1 Å². The summed E-state index contributed by atoms with van der Waals surface area (Å²) in [5.41, 5.74) is 0. The molecule has 0 aromatic rings. The summed E-state index contributed by atoms with van der Waals surface area (Å²) in [6, 6.07) is 0. The van der Waals surface area contributed by atoms with E-state index in [2.05, 4.69) is 5.32 Å². The zero-order chi connectivity index (χ0) is 13.4. The van der Waals surface area contributed by atoms with Crippen LogP contribution in [0.5, 0.6) is 0 Å². The Kier molecular flexibility index (Phi) is 5.22. The Morgan fingerprint density at radius 2 is 2.11 bits per heavy atom. The Balaban J connectivity index is 0.00000180. The Morgan fingerprint density at radius 1 is 1.42 bits per heavy atom. The number of halogens is 1. The smallest absolute Gasteiger partial charge is 0.253 e. The van der Waals surface area contributed by atoms with Gasteiger partial charge in [-0.1, -0.05) is 0 Å². The molecule has 19 heavy (non-hydrogen) atoms. The highest BCUT2D eigenvalue weighted by Crippen LogP contribution is 2.24. The lowest BCUT2D eigenvalue weighted by atomic mass is 10.1. The van der Waals surface area contributed by atoms with Gasteiger partial charge in [0.25, 0.3) is 5.91 Å². The highest BCUT2D eigenvalue weighted by Gasteiger charge is 2.42. The van der Waals surface area contributed by atoms with Gasteiger partial charge in [0, 0.05) is 26.2 Å². The van der Waals surface area contributed by atoms with Crippen molar-refractivity contribution in [2.75, 3.05) is 38.5 Å². The van der Waals surface area contributed by atoms with Gasteiger partial charge in [0.2, 0.25) is 0 Å². The van der Waals surface area contributed by atoms with Crippen LogP contribution in [0.4, 0.5) is 0 Å². The van der Waals surface area contributed by atoms with Crippen molar-refractivity contribution in [2.24, 2.45) is 0 Å². The van der Waals surface area contributed by atoms with Crippen LogP contribution in [0, 0.1) is 0 Å². The number of hydrogen-bond donors (Lipinski definition) is 1. The van der Waals surface area contributed by atoms with Gasteiger partial charge in [-0.25, -0.2) is 8.42 Å². The summed E-state index contributed by atoms with van der Waals surface area (Å²) in [7, 11) is -3.11. The Labute approximate surface area is 120 Å². The first kappa shape index (κ1) is 16.7. The molecule has 8 heteroatoms. The van der Waals surface area contributed by atoms with Crippen molar-refractivity contribution in [3.8, 4) is 0 Å². The molecule has 112 valence electrons. The van der Waals surface area contributed by atoms with Gasteiger partial charge in [0.1, 0.15) is 6.10 Å². The Hall–Kier alpha value is -0.370. The molecular weight excluding hydrogens is 292 g/mol. The predicted octanol–water partition coefficient (Wildman–Crippen LogP) is -0.568. The average Bonchev–Trinajstić information content (AvgIpc) is 2.33. The van der Waals surface area contributed by atoms with Crippen LogP contribution < -0.4 is 5.32 Å². The number of nitrogens with zero attached hydrogens (tertiary/aromatic N) is 1. The van der Waals surface area contributed by atoms with E-state index < -0.39 is 20.7 Å². The van der Waals surface area contributed by atoms with Crippen molar-refractivity contribution < 1.29 is 17.9 Å². The molecule has 0 radical (unpaired) electrons. The number of carbonyl (C=O) groups is 1. The first-order valence-electron chi connectivity index (χ1n) is 6.17. The van der Waals surface area contributed by atoms with Crippen LogP contribution in [0.15, 0.2) is 0 Å². The standard InChI is InChI=1S/C11H20N2O4S.ClH/c1-11(2)8-13(4-6-18(11,15)16)10(14)9-7-12-3-5-17-9;/h9,12H,3-8H2,1-2H3;1H. The minimum atomic E-state index is -3.11. The Morgan fingerprint density at radius 3 is 2.63 bits per heavy atom. The van der Waals surface area contributed by atoms with Gasteiger partial charge < -0.3 is 15.0 Å². The van der Waals surface area contributed by atoms with Gasteiger partial charge in [-0.15, -0.1) is 12.4 Å². The zero-order valence-corrected chi connectivity index (χ0v) is 12.8. The van der Waals surface area contributed by atoms with E-state index in [0.29, 0.717) is 13.2 Å². The van der Waals surface area contributed by atoms with E-state index in [1.807, 2.05) is 0 Å². The van der Waals surface area contributed by atoms with Crippen LogP contribution in [0.1, 0.15) is 13.8 Å². The SMILES string of the molecule is CC1(C)CN(C(=O)C2CNCCO2)CCS1(=O)=O.Cl. The molecule has 2 rings (SSSR count). The molecule has 1 N–H and O–H groups in total. The average molecular weight is 313 g/mol. The first-order chi connectivity index (χ1) is 8.33. The number of amides is 1. The normalized spacial score (nSPS) is 29.4. The number of morpholine rings is 1. The summed E-state index contributed by atoms with van der Waals surface area (Å²) in [6.07, 6.45) is -0.477. The van der Waals surface area contributed by atoms with Gasteiger partial charge in [-0.05, 0) is 13.8 Å². The van der Waals surface area contributed by atoms with E-state index >= 15 is 0 Å². The molecule has 0 aromatic heterocycles. The van der Waals surface area contributed by atoms with Gasteiger partial charge in [-0.3, -0.25) is 4.79 Å². The van der Waals surface area contributed by atoms with Crippen molar-refractivity contribution in [1.29, 1.82) is 0 Å². The van der Waals surface area contributed by atoms with Crippen LogP contribution >= 0.6 is 12.4 Å². The largest absolute Gasteiger partial charge is 0.366 e. The van der Waals surface area contributed by atoms with Crippen LogP contribution in [0.2, 0.25) is 0 Å². The quantitative estimate of drug-likeness (QED) is 0.702. The molecule has 0 spiro atoms. The molecule has 0 aromatic carbocycles. The summed E-state index contributed by atoms with van der Waals surface area (Å²) in [4.78, 5) is 13.8. The second-order valence-electron chi connectivity index (χ2n) is 5.40. The topological polar surface area (TPSA) is 75.7 Å². The van der Waals surface area contributed by atoms with E-state index in [1.165, 1.54) is 0 Å². The highest BCUT2D eigenvalue weighted by atomic mass is 35.5. The van der Waals surface area contributed by atoms with Crippen molar-refractivity contribution in [1.82, 2.24) is 10.2 Å². The molecule has 1 amide bonds. The fourth-order valence-electron chi connectivity index (χ4n) is 2.26. The third-order valence-corrected chi connectivity index (χ3v) is 6.09. The predicted molar refractivity (Wildman–Crippen MR) is 74.3 cm³/mol. The zero-order valence-electron chi connectivity index (χ0n) is 11.2. The minimum Gasteiger partial charge on any atom is -0.366 e. The fourth-order valence-corrected chi connectivity index (χ4v) is 3.63. The van der Waals surface area contributed by atoms with E-state index in [4.69, 9.17) is 4.74 Å². The third-order valence-electron chi connectivity index (χ3n) is 3.56. The van der Waals surface area contributed by atoms with Crippen molar-refractivity contribution in [3.05, 3.63) is 0 Å². The highest BCUT2D eigenvalue weighted by molar-refractivity contribution is 7.92. The molecule has 1 atom stereocenters. The van der Waals surface area contributed by atoms with Crippen molar-refractivity contribution in [3.63, 3.8) is 0 Å². The maximum Gasteiger partial charge on any atom is 0.253 e. The van der Waals surface area contributed by atoms with Crippen LogP contribution in [0.3, 0.4) is 0 Å². The molecule has 6 nitrogen and oxygen atoms in total. The molecule has 1 unspecified atom stereocenters. The summed E-state index contributed by atoms with van der Waals surface area (Å²) in [6.45, 7) is 5.63. The molecule has 2 heterocycles. The lowest BCUT2D eigenvalue weighted by molar-refractivity contribution is -0.145. The molecule has 2 fully saturated rings. The van der Waals surface area contributed by atoms with Gasteiger partial charge in [0.15, 0.2) is 9.84 Å². The van der Waals surface area contributed by atoms with Crippen LogP contribution in [0.25, 0.3) is 0 Å². The number of ether oxygens (including phenoxy) is 1. The molecule has 0 aliphatic carbocycles. The lowest BCUT2D eigenvalue weighted by Gasteiger charge is -2.39. The second kappa shape index (κ2) is 5.95. The molecular formula is C11H21ClN2O4S. The molecule has 2 aliphatic heterocycles. The first-order valence-corrected chi connectivity index (χ1v) is 7.82. The summed E-state index contributed by atoms with van der Waals surface area (Å²) in [5, 5.41) is 3.10. The number of rotatable bonds is 1. The number of nitrogens with one attached hydrogen (secondary N) is 1. The number of hydrogen-bond acceptors (Lipinski definition) is 5. The van der Waals surface area contributed by atoms with E-state index in [9.17, 15) is 13.2 Å². The van der Waals surface area contributed by atoms with E-state index in [-0.39, 0.29) is 37.2 Å². The lowest BCUT2D eigenvalue weighted by Crippen LogP contribution is -2.58. The van der Waals surface area contributed by atoms with Gasteiger partial charge in [-0.2, -0.15) is 0 Å². The van der Waals surface area contributed by atoms with Crippen LogP contribution in [-0.2, 0) is 19.4 Å². The summed E-state index contributed by atoms with van der Waals surface area (Å²) < 4.78 is 28.3. The molecule has 2 saturated heterocycles. The fraction of sp³-hybridized carbons (Fsp3) is 0.909. The molecule has 0 saturated carbocycles. The maximum atomic E-state index is 12.2. The van der Waals surface area contributed by atoms with Crippen molar-refractivity contribution in [2.45, 2.75) is 24.7 Å². The Bertz CT molecular complexity index is 432. The monoisotopic (exact) mass is 312 g/mol. The minimum absolute atomic E-state index is 0. The number of sulfone groups is 1. The second-order valence-corrected chi connectivity index (χ2v) is 8.14. The van der Waals surface area contributed by atoms with Crippen molar-refractivity contribution >= 4 is 28.2 Å². The van der Waals surface area contributed by atoms with E-state index in [1.54, 1.807) is 18.7 Å². The summed E-state index contributed by atoms with van der Waals surface area (Å²) >= 11 is 0.